The van der Waals surface area contributed by atoms with E-state index in [1.165, 1.54) is 31.4 Å². The molecule has 0 aromatic heterocycles. The average Bonchev–Trinajstić information content (AvgIpc) is 2.47. The van der Waals surface area contributed by atoms with E-state index in [0.717, 1.165) is 0 Å². The van der Waals surface area contributed by atoms with Crippen LogP contribution in [0.2, 0.25) is 0 Å². The summed E-state index contributed by atoms with van der Waals surface area (Å²) in [6.45, 7) is 0.793. The van der Waals surface area contributed by atoms with Gasteiger partial charge in [-0.25, -0.2) is 13.1 Å². The molecular weight excluding hydrogens is 294 g/mol. The second-order valence-electron chi connectivity index (χ2n) is 4.13. The zero-order valence-electron chi connectivity index (χ0n) is 11.6. The van der Waals surface area contributed by atoms with E-state index < -0.39 is 10.0 Å². The number of ether oxygens (including phenoxy) is 1. The predicted octanol–water partition coefficient (Wildman–Crippen LogP) is -0.0107. The van der Waals surface area contributed by atoms with Crippen LogP contribution in [0.1, 0.15) is 12.0 Å². The highest BCUT2D eigenvalue weighted by Crippen LogP contribution is 2.09. The van der Waals surface area contributed by atoms with Gasteiger partial charge >= 0.3 is 0 Å². The highest BCUT2D eigenvalue weighted by Gasteiger charge is 2.13. The van der Waals surface area contributed by atoms with Crippen molar-refractivity contribution in [2.45, 2.75) is 11.3 Å². The van der Waals surface area contributed by atoms with Crippen molar-refractivity contribution < 1.29 is 17.9 Å². The Morgan fingerprint density at radius 3 is 2.52 bits per heavy atom. The second-order valence-corrected chi connectivity index (χ2v) is 5.89. The summed E-state index contributed by atoms with van der Waals surface area (Å²) < 4.78 is 31.0. The fourth-order valence-corrected chi connectivity index (χ4v) is 2.50. The Hall–Kier alpha value is -1.95. The van der Waals surface area contributed by atoms with Crippen molar-refractivity contribution in [1.82, 2.24) is 10.0 Å². The zero-order chi connectivity index (χ0) is 15.7. The van der Waals surface area contributed by atoms with E-state index in [2.05, 4.69) is 10.0 Å². The SMILES string of the molecule is COCCNC(=O)CCNS(=O)(=O)c1ccc(C#N)cc1. The predicted molar refractivity (Wildman–Crippen MR) is 75.8 cm³/mol. The molecule has 0 unspecified atom stereocenters. The normalized spacial score (nSPS) is 10.9. The molecule has 0 heterocycles. The summed E-state index contributed by atoms with van der Waals surface area (Å²) in [5.74, 6) is -0.255. The third kappa shape index (κ3) is 5.91. The summed E-state index contributed by atoms with van der Waals surface area (Å²) in [4.78, 5) is 11.4. The van der Waals surface area contributed by atoms with Crippen molar-refractivity contribution >= 4 is 15.9 Å². The minimum Gasteiger partial charge on any atom is -0.383 e. The third-order valence-electron chi connectivity index (χ3n) is 2.57. The van der Waals surface area contributed by atoms with E-state index in [9.17, 15) is 13.2 Å². The number of carbonyl (C=O) groups is 1. The summed E-state index contributed by atoms with van der Waals surface area (Å²) in [6.07, 6.45) is 0.0409. The molecule has 0 fully saturated rings. The molecule has 114 valence electrons. The summed E-state index contributed by atoms with van der Waals surface area (Å²) >= 11 is 0. The quantitative estimate of drug-likeness (QED) is 0.656. The molecule has 0 saturated heterocycles. The van der Waals surface area contributed by atoms with Gasteiger partial charge in [0, 0.05) is 26.6 Å². The van der Waals surface area contributed by atoms with E-state index >= 15 is 0 Å². The maximum Gasteiger partial charge on any atom is 0.240 e. The Bertz CT molecular complexity index is 605. The average molecular weight is 311 g/mol. The minimum atomic E-state index is -3.67. The Labute approximate surface area is 124 Å². The lowest BCUT2D eigenvalue weighted by molar-refractivity contribution is -0.121. The molecule has 0 aliphatic heterocycles. The Balaban J connectivity index is 2.46. The number of rotatable bonds is 8. The van der Waals surface area contributed by atoms with E-state index in [1.807, 2.05) is 6.07 Å². The van der Waals surface area contributed by atoms with Crippen LogP contribution in [0.5, 0.6) is 0 Å². The van der Waals surface area contributed by atoms with Crippen LogP contribution >= 0.6 is 0 Å². The van der Waals surface area contributed by atoms with E-state index in [-0.39, 0.29) is 23.8 Å². The molecule has 8 heteroatoms. The Morgan fingerprint density at radius 2 is 1.95 bits per heavy atom. The summed E-state index contributed by atoms with van der Waals surface area (Å²) in [5, 5.41) is 11.2. The fourth-order valence-electron chi connectivity index (χ4n) is 1.47. The smallest absolute Gasteiger partial charge is 0.240 e. The maximum atomic E-state index is 11.9. The van der Waals surface area contributed by atoms with Crippen molar-refractivity contribution in [2.24, 2.45) is 0 Å². The number of hydrogen-bond acceptors (Lipinski definition) is 5. The van der Waals surface area contributed by atoms with Gasteiger partial charge in [0.2, 0.25) is 15.9 Å². The van der Waals surface area contributed by atoms with Crippen molar-refractivity contribution in [3.63, 3.8) is 0 Å². The molecule has 0 aliphatic carbocycles. The first kappa shape index (κ1) is 17.1. The van der Waals surface area contributed by atoms with E-state index in [0.29, 0.717) is 18.7 Å². The minimum absolute atomic E-state index is 0.00114. The molecule has 1 aromatic rings. The van der Waals surface area contributed by atoms with Crippen LogP contribution < -0.4 is 10.0 Å². The van der Waals surface area contributed by atoms with Crippen molar-refractivity contribution in [2.75, 3.05) is 26.8 Å². The molecule has 2 N–H and O–H groups in total. The van der Waals surface area contributed by atoms with Gasteiger partial charge < -0.3 is 10.1 Å². The summed E-state index contributed by atoms with van der Waals surface area (Å²) in [5.41, 5.74) is 0.381. The Morgan fingerprint density at radius 1 is 1.29 bits per heavy atom. The van der Waals surface area contributed by atoms with Gasteiger partial charge in [-0.2, -0.15) is 5.26 Å². The van der Waals surface area contributed by atoms with Gasteiger partial charge in [-0.15, -0.1) is 0 Å². The number of nitriles is 1. The molecule has 0 bridgehead atoms. The highest BCUT2D eigenvalue weighted by molar-refractivity contribution is 7.89. The lowest BCUT2D eigenvalue weighted by Crippen LogP contribution is -2.32. The van der Waals surface area contributed by atoms with Crippen LogP contribution in [0.15, 0.2) is 29.2 Å². The number of nitrogens with zero attached hydrogens (tertiary/aromatic N) is 1. The lowest BCUT2D eigenvalue weighted by atomic mass is 10.2. The number of methoxy groups -OCH3 is 1. The molecular formula is C13H17N3O4S. The first-order valence-corrected chi connectivity index (χ1v) is 7.73. The van der Waals surface area contributed by atoms with E-state index in [1.54, 1.807) is 0 Å². The molecule has 21 heavy (non-hydrogen) atoms. The zero-order valence-corrected chi connectivity index (χ0v) is 12.4. The molecule has 1 rings (SSSR count). The van der Waals surface area contributed by atoms with Gasteiger partial charge in [-0.05, 0) is 24.3 Å². The van der Waals surface area contributed by atoms with E-state index in [4.69, 9.17) is 10.00 Å². The fraction of sp³-hybridized carbons (Fsp3) is 0.385. The van der Waals surface area contributed by atoms with Gasteiger partial charge in [-0.1, -0.05) is 0 Å². The van der Waals surface area contributed by atoms with Crippen molar-refractivity contribution in [1.29, 1.82) is 5.26 Å². The summed E-state index contributed by atoms with van der Waals surface area (Å²) in [7, 11) is -2.14. The van der Waals surface area contributed by atoms with Crippen molar-refractivity contribution in [3.05, 3.63) is 29.8 Å². The standard InChI is InChI=1S/C13H17N3O4S/c1-20-9-8-15-13(17)6-7-16-21(18,19)12-4-2-11(10-14)3-5-12/h2-5,16H,6-9H2,1H3,(H,15,17). The third-order valence-corrected chi connectivity index (χ3v) is 4.04. The van der Waals surface area contributed by atoms with Crippen molar-refractivity contribution in [3.8, 4) is 6.07 Å². The molecule has 7 nitrogen and oxygen atoms in total. The Kier molecular flexibility index (Phi) is 6.81. The van der Waals surface area contributed by atoms with Gasteiger partial charge in [0.15, 0.2) is 0 Å². The molecule has 0 aliphatic rings. The van der Waals surface area contributed by atoms with Crippen LogP contribution in [0.4, 0.5) is 0 Å². The maximum absolute atomic E-state index is 11.9. The first-order valence-electron chi connectivity index (χ1n) is 6.25. The van der Waals surface area contributed by atoms with Gasteiger partial charge in [0.1, 0.15) is 0 Å². The number of amides is 1. The van der Waals surface area contributed by atoms with Crippen LogP contribution in [-0.4, -0.2) is 41.1 Å². The van der Waals surface area contributed by atoms with Gasteiger partial charge in [0.05, 0.1) is 23.1 Å². The molecule has 0 radical (unpaired) electrons. The largest absolute Gasteiger partial charge is 0.383 e. The number of nitrogens with one attached hydrogen (secondary N) is 2. The molecule has 1 aromatic carbocycles. The second kappa shape index (κ2) is 8.36. The highest BCUT2D eigenvalue weighted by atomic mass is 32.2. The topological polar surface area (TPSA) is 108 Å². The van der Waals surface area contributed by atoms with Crippen LogP contribution in [0, 0.1) is 11.3 Å². The van der Waals surface area contributed by atoms with Gasteiger partial charge in [0.25, 0.3) is 0 Å². The van der Waals surface area contributed by atoms with Crippen LogP contribution in [0.3, 0.4) is 0 Å². The number of benzene rings is 1. The summed E-state index contributed by atoms with van der Waals surface area (Å²) in [6, 6.07) is 7.45. The molecule has 0 saturated carbocycles. The molecule has 0 spiro atoms. The number of carbonyl (C=O) groups excluding carboxylic acids is 1. The molecule has 0 atom stereocenters. The van der Waals surface area contributed by atoms with Gasteiger partial charge in [-0.3, -0.25) is 4.79 Å². The first-order chi connectivity index (χ1) is 9.99. The number of hydrogen-bond donors (Lipinski definition) is 2. The molecule has 1 amide bonds. The van der Waals surface area contributed by atoms with Crippen LogP contribution in [-0.2, 0) is 19.6 Å². The monoisotopic (exact) mass is 311 g/mol. The van der Waals surface area contributed by atoms with Crippen LogP contribution in [0.25, 0.3) is 0 Å². The number of sulfonamides is 1. The lowest BCUT2D eigenvalue weighted by Gasteiger charge is -2.07.